The SMILES string of the molecule is Cc1ccc(Br)cc1OCc1ccc(C=O)o1. The number of hydrogen-bond acceptors (Lipinski definition) is 3. The van der Waals surface area contributed by atoms with E-state index in [0.717, 1.165) is 15.8 Å². The Hall–Kier alpha value is -1.55. The van der Waals surface area contributed by atoms with Crippen LogP contribution in [-0.2, 0) is 6.61 Å². The van der Waals surface area contributed by atoms with Crippen LogP contribution in [0.3, 0.4) is 0 Å². The van der Waals surface area contributed by atoms with E-state index in [4.69, 9.17) is 9.15 Å². The molecule has 0 aliphatic heterocycles. The molecule has 1 heterocycles. The Kier molecular flexibility index (Phi) is 3.64. The predicted octanol–water partition coefficient (Wildman–Crippen LogP) is 3.74. The highest BCUT2D eigenvalue weighted by molar-refractivity contribution is 9.10. The fraction of sp³-hybridized carbons (Fsp3) is 0.154. The van der Waals surface area contributed by atoms with Crippen molar-refractivity contribution in [1.82, 2.24) is 0 Å². The van der Waals surface area contributed by atoms with Gasteiger partial charge in [0, 0.05) is 4.47 Å². The smallest absolute Gasteiger partial charge is 0.185 e. The molecule has 0 N–H and O–H groups in total. The van der Waals surface area contributed by atoms with E-state index in [2.05, 4.69) is 15.9 Å². The first-order chi connectivity index (χ1) is 8.19. The first-order valence-electron chi connectivity index (χ1n) is 5.12. The van der Waals surface area contributed by atoms with Crippen LogP contribution in [0.25, 0.3) is 0 Å². The highest BCUT2D eigenvalue weighted by Crippen LogP contribution is 2.23. The number of rotatable bonds is 4. The molecule has 3 nitrogen and oxygen atoms in total. The lowest BCUT2D eigenvalue weighted by Crippen LogP contribution is -1.95. The normalized spacial score (nSPS) is 10.2. The lowest BCUT2D eigenvalue weighted by atomic mass is 10.2. The first kappa shape index (κ1) is 11.9. The molecule has 2 aromatic rings. The summed E-state index contributed by atoms with van der Waals surface area (Å²) in [6, 6.07) is 9.19. The van der Waals surface area contributed by atoms with E-state index in [1.807, 2.05) is 25.1 Å². The minimum absolute atomic E-state index is 0.311. The van der Waals surface area contributed by atoms with E-state index in [1.165, 1.54) is 0 Å². The van der Waals surface area contributed by atoms with E-state index in [1.54, 1.807) is 12.1 Å². The van der Waals surface area contributed by atoms with Crippen LogP contribution in [0.1, 0.15) is 21.9 Å². The molecule has 88 valence electrons. The van der Waals surface area contributed by atoms with Crippen LogP contribution in [-0.4, -0.2) is 6.29 Å². The van der Waals surface area contributed by atoms with E-state index >= 15 is 0 Å². The zero-order valence-electron chi connectivity index (χ0n) is 9.27. The molecule has 0 amide bonds. The second kappa shape index (κ2) is 5.19. The highest BCUT2D eigenvalue weighted by atomic mass is 79.9. The Morgan fingerprint density at radius 1 is 1.35 bits per heavy atom. The van der Waals surface area contributed by atoms with Crippen LogP contribution in [0, 0.1) is 6.92 Å². The van der Waals surface area contributed by atoms with E-state index < -0.39 is 0 Å². The Bertz CT molecular complexity index is 531. The molecule has 0 aliphatic rings. The zero-order valence-corrected chi connectivity index (χ0v) is 10.9. The largest absolute Gasteiger partial charge is 0.485 e. The Morgan fingerprint density at radius 2 is 2.18 bits per heavy atom. The number of carbonyl (C=O) groups excluding carboxylic acids is 1. The maximum Gasteiger partial charge on any atom is 0.185 e. The van der Waals surface area contributed by atoms with Crippen molar-refractivity contribution in [2.75, 3.05) is 0 Å². The van der Waals surface area contributed by atoms with Gasteiger partial charge in [0.2, 0.25) is 0 Å². The van der Waals surface area contributed by atoms with Crippen LogP contribution in [0.2, 0.25) is 0 Å². The van der Waals surface area contributed by atoms with E-state index in [9.17, 15) is 4.79 Å². The standard InChI is InChI=1S/C13H11BrO3/c1-9-2-3-10(14)6-13(9)16-8-12-5-4-11(7-15)17-12/h2-7H,8H2,1H3. The third-order valence-electron chi connectivity index (χ3n) is 2.32. The van der Waals surface area contributed by atoms with E-state index in [0.29, 0.717) is 24.4 Å². The Balaban J connectivity index is 2.06. The number of hydrogen-bond donors (Lipinski definition) is 0. The van der Waals surface area contributed by atoms with Gasteiger partial charge >= 0.3 is 0 Å². The Morgan fingerprint density at radius 3 is 2.88 bits per heavy atom. The van der Waals surface area contributed by atoms with Crippen molar-refractivity contribution in [2.24, 2.45) is 0 Å². The number of furan rings is 1. The fourth-order valence-electron chi connectivity index (χ4n) is 1.41. The van der Waals surface area contributed by atoms with Gasteiger partial charge in [0.25, 0.3) is 0 Å². The summed E-state index contributed by atoms with van der Waals surface area (Å²) in [6.45, 7) is 2.28. The summed E-state index contributed by atoms with van der Waals surface area (Å²) in [4.78, 5) is 10.5. The van der Waals surface area contributed by atoms with Crippen molar-refractivity contribution in [3.63, 3.8) is 0 Å². The van der Waals surface area contributed by atoms with Crippen LogP contribution >= 0.6 is 15.9 Å². The molecule has 0 unspecified atom stereocenters. The molecule has 17 heavy (non-hydrogen) atoms. The average Bonchev–Trinajstić information content (AvgIpc) is 2.78. The van der Waals surface area contributed by atoms with Gasteiger partial charge in [-0.2, -0.15) is 0 Å². The maximum atomic E-state index is 10.5. The summed E-state index contributed by atoms with van der Waals surface area (Å²) >= 11 is 3.39. The summed E-state index contributed by atoms with van der Waals surface area (Å²) < 4.78 is 11.8. The molecule has 0 saturated carbocycles. The second-order valence-corrected chi connectivity index (χ2v) is 4.54. The quantitative estimate of drug-likeness (QED) is 0.807. The summed E-state index contributed by atoms with van der Waals surface area (Å²) in [5.41, 5.74) is 1.05. The molecule has 1 aromatic heterocycles. The van der Waals surface area contributed by atoms with Gasteiger partial charge in [0.05, 0.1) is 0 Å². The van der Waals surface area contributed by atoms with Crippen LogP contribution in [0.5, 0.6) is 5.75 Å². The molecule has 0 atom stereocenters. The summed E-state index contributed by atoms with van der Waals surface area (Å²) in [6.07, 6.45) is 0.674. The third-order valence-corrected chi connectivity index (χ3v) is 2.81. The molecule has 0 saturated heterocycles. The molecule has 4 heteroatoms. The minimum Gasteiger partial charge on any atom is -0.485 e. The van der Waals surface area contributed by atoms with E-state index in [-0.39, 0.29) is 0 Å². The van der Waals surface area contributed by atoms with Gasteiger partial charge in [-0.15, -0.1) is 0 Å². The fourth-order valence-corrected chi connectivity index (χ4v) is 1.75. The summed E-state index contributed by atoms with van der Waals surface area (Å²) in [7, 11) is 0. The van der Waals surface area contributed by atoms with Crippen LogP contribution in [0.4, 0.5) is 0 Å². The van der Waals surface area contributed by atoms with Crippen molar-refractivity contribution < 1.29 is 13.9 Å². The van der Waals surface area contributed by atoms with Crippen LogP contribution < -0.4 is 4.74 Å². The van der Waals surface area contributed by atoms with Gasteiger partial charge in [-0.3, -0.25) is 4.79 Å². The number of aldehydes is 1. The summed E-state index contributed by atoms with van der Waals surface area (Å²) in [5, 5.41) is 0. The summed E-state index contributed by atoms with van der Waals surface area (Å²) in [5.74, 6) is 1.74. The van der Waals surface area contributed by atoms with Gasteiger partial charge in [0.1, 0.15) is 18.1 Å². The monoisotopic (exact) mass is 294 g/mol. The van der Waals surface area contributed by atoms with Crippen LogP contribution in [0.15, 0.2) is 39.2 Å². The first-order valence-corrected chi connectivity index (χ1v) is 5.91. The second-order valence-electron chi connectivity index (χ2n) is 3.62. The average molecular weight is 295 g/mol. The lowest BCUT2D eigenvalue weighted by molar-refractivity contribution is 0.109. The minimum atomic E-state index is 0.311. The molecular weight excluding hydrogens is 284 g/mol. The van der Waals surface area contributed by atoms with Crippen molar-refractivity contribution in [1.29, 1.82) is 0 Å². The molecule has 0 radical (unpaired) electrons. The van der Waals surface area contributed by atoms with Gasteiger partial charge < -0.3 is 9.15 Å². The molecule has 2 rings (SSSR count). The number of halogens is 1. The maximum absolute atomic E-state index is 10.5. The molecule has 0 spiro atoms. The number of aryl methyl sites for hydroxylation is 1. The molecule has 0 aliphatic carbocycles. The van der Waals surface area contributed by atoms with Crippen molar-refractivity contribution >= 4 is 22.2 Å². The molecule has 1 aromatic carbocycles. The zero-order chi connectivity index (χ0) is 12.3. The van der Waals surface area contributed by atoms with Crippen molar-refractivity contribution in [3.8, 4) is 5.75 Å². The van der Waals surface area contributed by atoms with Gasteiger partial charge in [0.15, 0.2) is 12.0 Å². The highest BCUT2D eigenvalue weighted by Gasteiger charge is 2.04. The molecular formula is C13H11BrO3. The number of ether oxygens (including phenoxy) is 1. The predicted molar refractivity (Wildman–Crippen MR) is 67.3 cm³/mol. The topological polar surface area (TPSA) is 39.4 Å². The van der Waals surface area contributed by atoms with Crippen molar-refractivity contribution in [2.45, 2.75) is 13.5 Å². The molecule has 0 bridgehead atoms. The number of benzene rings is 1. The van der Waals surface area contributed by atoms with Gasteiger partial charge in [-0.05, 0) is 36.8 Å². The van der Waals surface area contributed by atoms with Gasteiger partial charge in [-0.1, -0.05) is 22.0 Å². The lowest BCUT2D eigenvalue weighted by Gasteiger charge is -2.07. The Labute approximate surface area is 108 Å². The van der Waals surface area contributed by atoms with Crippen molar-refractivity contribution in [3.05, 3.63) is 51.9 Å². The number of carbonyl (C=O) groups is 1. The van der Waals surface area contributed by atoms with Gasteiger partial charge in [-0.25, -0.2) is 0 Å². The third kappa shape index (κ3) is 2.97. The molecule has 0 fully saturated rings.